The van der Waals surface area contributed by atoms with Crippen LogP contribution in [-0.2, 0) is 19.1 Å². The van der Waals surface area contributed by atoms with Crippen LogP contribution < -0.4 is 10.6 Å². The molecule has 2 aliphatic heterocycles. The standard InChI is InChI=1S/C29H37BrN8O6/c1-28(2,3)44-27(43)32-21-10-8-6-4-5-7-9-18-13-29(18,26(41)42)33-24(39)22-12-20(16-37(22)25(21)40)38-35-23(34-36-38)17-11-19(30)15-31-14-17/h7,9,11,14-15,18,20-22H,4-6,8,10,12-13,16H2,1-3H3,(H,32,43)(H,33,39)(H,41,42)/b9-7-/t18-,20+,21-,22+,29+/m1/s1. The summed E-state index contributed by atoms with van der Waals surface area (Å²) in [6, 6.07) is -0.714. The molecule has 236 valence electrons. The zero-order valence-corrected chi connectivity index (χ0v) is 26.5. The number of pyridine rings is 1. The Hall–Kier alpha value is -3.88. The molecule has 0 bridgehead atoms. The largest absolute Gasteiger partial charge is 0.479 e. The molecule has 2 fully saturated rings. The van der Waals surface area contributed by atoms with Gasteiger partial charge in [0.15, 0.2) is 0 Å². The summed E-state index contributed by atoms with van der Waals surface area (Å²) in [6.45, 7) is 5.25. The van der Waals surface area contributed by atoms with E-state index in [1.807, 2.05) is 12.2 Å². The summed E-state index contributed by atoms with van der Waals surface area (Å²) in [4.78, 5) is 59.9. The lowest BCUT2D eigenvalue weighted by molar-refractivity contribution is -0.145. The number of ether oxygens (including phenoxy) is 1. The normalized spacial score (nSPS) is 28.5. The Labute approximate surface area is 263 Å². The van der Waals surface area contributed by atoms with Crippen LogP contribution in [-0.4, -0.2) is 88.8 Å². The van der Waals surface area contributed by atoms with Gasteiger partial charge < -0.3 is 25.4 Å². The molecule has 1 saturated carbocycles. The van der Waals surface area contributed by atoms with Gasteiger partial charge in [-0.25, -0.2) is 9.59 Å². The van der Waals surface area contributed by atoms with Gasteiger partial charge in [-0.3, -0.25) is 14.6 Å². The minimum absolute atomic E-state index is 0.0549. The molecule has 0 radical (unpaired) electrons. The number of carbonyl (C=O) groups is 4. The molecule has 1 saturated heterocycles. The zero-order chi connectivity index (χ0) is 31.6. The van der Waals surface area contributed by atoms with Gasteiger partial charge in [0.1, 0.15) is 23.2 Å². The number of nitrogens with one attached hydrogen (secondary N) is 2. The first-order chi connectivity index (χ1) is 20.9. The molecule has 2 aromatic rings. The summed E-state index contributed by atoms with van der Waals surface area (Å²) in [5, 5.41) is 28.4. The highest BCUT2D eigenvalue weighted by molar-refractivity contribution is 9.10. The van der Waals surface area contributed by atoms with Crippen molar-refractivity contribution in [3.05, 3.63) is 35.1 Å². The summed E-state index contributed by atoms with van der Waals surface area (Å²) in [7, 11) is 0. The number of carboxylic acid groups (broad SMARTS) is 1. The quantitative estimate of drug-likeness (QED) is 0.408. The Balaban J connectivity index is 1.44. The van der Waals surface area contributed by atoms with E-state index in [1.54, 1.807) is 39.2 Å². The monoisotopic (exact) mass is 672 g/mol. The van der Waals surface area contributed by atoms with Crippen LogP contribution >= 0.6 is 15.9 Å². The number of carbonyl (C=O) groups excluding carboxylic acids is 3. The molecule has 0 spiro atoms. The van der Waals surface area contributed by atoms with Crippen LogP contribution in [0.4, 0.5) is 4.79 Å². The number of aliphatic carboxylic acids is 1. The van der Waals surface area contributed by atoms with Crippen LogP contribution in [0, 0.1) is 5.92 Å². The summed E-state index contributed by atoms with van der Waals surface area (Å²) in [6.07, 6.45) is 10.1. The van der Waals surface area contributed by atoms with Gasteiger partial charge in [0, 0.05) is 41.3 Å². The molecular formula is C29H37BrN8O6. The van der Waals surface area contributed by atoms with Crippen molar-refractivity contribution in [2.75, 3.05) is 6.54 Å². The van der Waals surface area contributed by atoms with Crippen molar-refractivity contribution in [3.63, 3.8) is 0 Å². The lowest BCUT2D eigenvalue weighted by Gasteiger charge is -2.30. The highest BCUT2D eigenvalue weighted by Crippen LogP contribution is 2.45. The van der Waals surface area contributed by atoms with Crippen molar-refractivity contribution in [3.8, 4) is 11.4 Å². The van der Waals surface area contributed by atoms with Crippen molar-refractivity contribution in [1.29, 1.82) is 0 Å². The number of hydrogen-bond donors (Lipinski definition) is 3. The van der Waals surface area contributed by atoms with Gasteiger partial charge in [0.05, 0.1) is 6.04 Å². The lowest BCUT2D eigenvalue weighted by atomic mass is 10.0. The van der Waals surface area contributed by atoms with E-state index in [1.165, 1.54) is 9.70 Å². The van der Waals surface area contributed by atoms with Crippen molar-refractivity contribution < 1.29 is 29.0 Å². The summed E-state index contributed by atoms with van der Waals surface area (Å²) in [5.74, 6) is -2.18. The fourth-order valence-corrected chi connectivity index (χ4v) is 6.09. The third kappa shape index (κ3) is 7.08. The Kier molecular flexibility index (Phi) is 9.05. The Bertz CT molecular complexity index is 1460. The predicted octanol–water partition coefficient (Wildman–Crippen LogP) is 3.01. The van der Waals surface area contributed by atoms with Crippen molar-refractivity contribution in [2.24, 2.45) is 5.92 Å². The number of carboxylic acids is 1. The second-order valence-electron chi connectivity index (χ2n) is 12.6. The molecule has 0 aromatic carbocycles. The maximum atomic E-state index is 14.1. The first kappa shape index (κ1) is 31.5. The van der Waals surface area contributed by atoms with Crippen molar-refractivity contribution >= 4 is 39.8 Å². The lowest BCUT2D eigenvalue weighted by Crippen LogP contribution is -2.56. The number of aromatic nitrogens is 5. The molecule has 5 atom stereocenters. The summed E-state index contributed by atoms with van der Waals surface area (Å²) in [5.41, 5.74) is -1.57. The van der Waals surface area contributed by atoms with Gasteiger partial charge in [-0.2, -0.15) is 4.80 Å². The van der Waals surface area contributed by atoms with Gasteiger partial charge in [-0.15, -0.1) is 10.2 Å². The van der Waals surface area contributed by atoms with E-state index in [0.717, 1.165) is 23.7 Å². The number of nitrogens with zero attached hydrogens (tertiary/aromatic N) is 6. The zero-order valence-electron chi connectivity index (χ0n) is 24.9. The summed E-state index contributed by atoms with van der Waals surface area (Å²) >= 11 is 3.38. The van der Waals surface area contributed by atoms with Gasteiger partial charge in [-0.1, -0.05) is 25.0 Å². The van der Waals surface area contributed by atoms with Crippen LogP contribution in [0.3, 0.4) is 0 Å². The van der Waals surface area contributed by atoms with E-state index in [2.05, 4.69) is 47.0 Å². The highest BCUT2D eigenvalue weighted by atomic mass is 79.9. The first-order valence-corrected chi connectivity index (χ1v) is 15.6. The van der Waals surface area contributed by atoms with E-state index in [9.17, 15) is 24.3 Å². The molecule has 2 aromatic heterocycles. The molecule has 44 heavy (non-hydrogen) atoms. The van der Waals surface area contributed by atoms with Gasteiger partial charge in [0.25, 0.3) is 0 Å². The minimum Gasteiger partial charge on any atom is -0.479 e. The fraction of sp³-hybridized carbons (Fsp3) is 0.586. The molecule has 0 unspecified atom stereocenters. The Morgan fingerprint density at radius 1 is 1.20 bits per heavy atom. The number of rotatable bonds is 4. The number of amides is 3. The molecule has 3 N–H and O–H groups in total. The smallest absolute Gasteiger partial charge is 0.408 e. The fourth-order valence-electron chi connectivity index (χ4n) is 5.72. The van der Waals surface area contributed by atoms with E-state index >= 15 is 0 Å². The predicted molar refractivity (Wildman–Crippen MR) is 160 cm³/mol. The number of halogens is 1. The number of allylic oxidation sites excluding steroid dienone is 1. The van der Waals surface area contributed by atoms with E-state index in [-0.39, 0.29) is 25.3 Å². The number of tetrazole rings is 1. The Morgan fingerprint density at radius 3 is 2.73 bits per heavy atom. The maximum Gasteiger partial charge on any atom is 0.408 e. The first-order valence-electron chi connectivity index (χ1n) is 14.8. The van der Waals surface area contributed by atoms with Crippen LogP contribution in [0.15, 0.2) is 35.1 Å². The number of alkyl carbamates (subject to hydrolysis) is 1. The van der Waals surface area contributed by atoms with Crippen molar-refractivity contribution in [2.45, 2.75) is 95.0 Å². The SMILES string of the molecule is CC(C)(C)OC(=O)N[C@@H]1CCCCC/C=C\[C@@H]2C[C@]2(C(=O)O)NC(=O)[C@@H]2C[C@H](n3nnc(-c4cncc(Br)c4)n3)CN2C1=O. The van der Waals surface area contributed by atoms with Crippen molar-refractivity contribution in [1.82, 2.24) is 40.7 Å². The number of fused-ring (bicyclic) bond motifs is 2. The van der Waals surface area contributed by atoms with Crippen LogP contribution in [0.2, 0.25) is 0 Å². The second-order valence-corrected chi connectivity index (χ2v) is 13.5. The molecular weight excluding hydrogens is 636 g/mol. The minimum atomic E-state index is -1.43. The van der Waals surface area contributed by atoms with Crippen LogP contribution in [0.5, 0.6) is 0 Å². The van der Waals surface area contributed by atoms with Gasteiger partial charge >= 0.3 is 12.1 Å². The third-order valence-corrected chi connectivity index (χ3v) is 8.48. The van der Waals surface area contributed by atoms with Gasteiger partial charge in [-0.05, 0) is 73.7 Å². The molecule has 4 heterocycles. The summed E-state index contributed by atoms with van der Waals surface area (Å²) < 4.78 is 6.17. The average Bonchev–Trinajstić information content (AvgIpc) is 3.27. The van der Waals surface area contributed by atoms with Gasteiger partial charge in [0.2, 0.25) is 17.6 Å². The maximum absolute atomic E-state index is 14.1. The molecule has 14 nitrogen and oxygen atoms in total. The van der Waals surface area contributed by atoms with E-state index in [0.29, 0.717) is 24.2 Å². The molecule has 15 heteroatoms. The topological polar surface area (TPSA) is 182 Å². The Morgan fingerprint density at radius 2 is 2.00 bits per heavy atom. The average molecular weight is 674 g/mol. The second kappa shape index (κ2) is 12.6. The molecule has 3 amide bonds. The van der Waals surface area contributed by atoms with E-state index < -0.39 is 53.1 Å². The highest BCUT2D eigenvalue weighted by Gasteiger charge is 2.61. The molecule has 5 rings (SSSR count). The third-order valence-electron chi connectivity index (χ3n) is 8.05. The van der Waals surface area contributed by atoms with Crippen LogP contribution in [0.25, 0.3) is 11.4 Å². The number of hydrogen-bond acceptors (Lipinski definition) is 9. The molecule has 1 aliphatic carbocycles. The molecule has 3 aliphatic rings. The van der Waals surface area contributed by atoms with Crippen LogP contribution in [0.1, 0.15) is 71.8 Å². The van der Waals surface area contributed by atoms with E-state index in [4.69, 9.17) is 4.74 Å².